The molecule has 1 aromatic carbocycles. The Bertz CT molecular complexity index is 622. The van der Waals surface area contributed by atoms with Crippen LogP contribution in [0.25, 0.3) is 0 Å². The molecular formula is C16H21NO8. The summed E-state index contributed by atoms with van der Waals surface area (Å²) in [5, 5.41) is 32.0. The molecule has 0 bridgehead atoms. The molecule has 9 nitrogen and oxygen atoms in total. The van der Waals surface area contributed by atoms with Gasteiger partial charge in [0.05, 0.1) is 13.7 Å². The van der Waals surface area contributed by atoms with Gasteiger partial charge in [0.1, 0.15) is 30.6 Å². The van der Waals surface area contributed by atoms with Crippen molar-refractivity contribution in [2.75, 3.05) is 13.7 Å². The number of hydrogen-bond donors (Lipinski definition) is 4. The number of aldehydes is 1. The first-order valence-corrected chi connectivity index (χ1v) is 7.60. The van der Waals surface area contributed by atoms with E-state index < -0.39 is 43.2 Å². The van der Waals surface area contributed by atoms with Crippen LogP contribution >= 0.6 is 0 Å². The summed E-state index contributed by atoms with van der Waals surface area (Å²) in [5.41, 5.74) is 0.371. The topological polar surface area (TPSA) is 135 Å². The molecule has 5 atom stereocenters. The third kappa shape index (κ3) is 4.26. The second-order valence-corrected chi connectivity index (χ2v) is 5.58. The molecule has 0 unspecified atom stereocenters. The Morgan fingerprint density at radius 3 is 2.60 bits per heavy atom. The number of benzene rings is 1. The van der Waals surface area contributed by atoms with Crippen molar-refractivity contribution in [2.45, 2.75) is 37.6 Å². The Hall–Kier alpha value is -2.20. The van der Waals surface area contributed by atoms with Gasteiger partial charge in [-0.05, 0) is 18.2 Å². The van der Waals surface area contributed by atoms with Gasteiger partial charge in [0.25, 0.3) is 0 Å². The van der Waals surface area contributed by atoms with Crippen molar-refractivity contribution in [3.8, 4) is 11.5 Å². The van der Waals surface area contributed by atoms with Crippen molar-refractivity contribution in [1.29, 1.82) is 0 Å². The first-order valence-electron chi connectivity index (χ1n) is 7.60. The molecular weight excluding hydrogens is 334 g/mol. The van der Waals surface area contributed by atoms with Gasteiger partial charge in [-0.1, -0.05) is 0 Å². The van der Waals surface area contributed by atoms with Crippen LogP contribution in [0.5, 0.6) is 11.5 Å². The van der Waals surface area contributed by atoms with E-state index in [2.05, 4.69) is 5.32 Å². The van der Waals surface area contributed by atoms with Gasteiger partial charge in [0.2, 0.25) is 12.2 Å². The van der Waals surface area contributed by atoms with E-state index in [1.807, 2.05) is 0 Å². The number of methoxy groups -OCH3 is 1. The van der Waals surface area contributed by atoms with Gasteiger partial charge in [-0.3, -0.25) is 9.59 Å². The van der Waals surface area contributed by atoms with E-state index in [0.717, 1.165) is 0 Å². The first kappa shape index (κ1) is 19.1. The van der Waals surface area contributed by atoms with Gasteiger partial charge in [-0.15, -0.1) is 0 Å². The summed E-state index contributed by atoms with van der Waals surface area (Å²) < 4.78 is 16.3. The highest BCUT2D eigenvalue weighted by Crippen LogP contribution is 2.31. The quantitative estimate of drug-likeness (QED) is 0.469. The molecule has 25 heavy (non-hydrogen) atoms. The second kappa shape index (κ2) is 8.26. The number of hydrogen-bond acceptors (Lipinski definition) is 8. The predicted molar refractivity (Wildman–Crippen MR) is 84.4 cm³/mol. The number of ether oxygens (including phenoxy) is 3. The minimum atomic E-state index is -1.42. The maximum atomic E-state index is 11.4. The number of aliphatic hydroxyl groups is 3. The molecule has 0 aliphatic carbocycles. The SMILES string of the molecule is COc1cc(C=O)ccc1O[C@@H]1O[C@@H](CO)[C@@H](O)[C@@H](O)[C@@H]1NC(C)=O. The van der Waals surface area contributed by atoms with Gasteiger partial charge in [0.15, 0.2) is 11.5 Å². The standard InChI is InChI=1S/C16H21NO8/c1-8(20)17-13-15(22)14(21)12(7-19)25-16(13)24-10-4-3-9(6-18)5-11(10)23-2/h3-6,12-16,19,21-22H,7H2,1-2H3,(H,17,20)/t12-,13-,14+,15-,16+/m0/s1. The van der Waals surface area contributed by atoms with E-state index in [1.165, 1.54) is 32.2 Å². The molecule has 1 aromatic rings. The average molecular weight is 355 g/mol. The number of carbonyl (C=O) groups is 2. The van der Waals surface area contributed by atoms with Crippen LogP contribution in [0.4, 0.5) is 0 Å². The minimum Gasteiger partial charge on any atom is -0.493 e. The summed E-state index contributed by atoms with van der Waals surface area (Å²) >= 11 is 0. The number of carbonyl (C=O) groups excluding carboxylic acids is 2. The number of nitrogens with one attached hydrogen (secondary N) is 1. The van der Waals surface area contributed by atoms with Crippen molar-refractivity contribution in [3.05, 3.63) is 23.8 Å². The largest absolute Gasteiger partial charge is 0.493 e. The molecule has 0 aromatic heterocycles. The molecule has 1 saturated heterocycles. The average Bonchev–Trinajstić information content (AvgIpc) is 2.61. The van der Waals surface area contributed by atoms with Crippen LogP contribution in [-0.2, 0) is 9.53 Å². The molecule has 0 spiro atoms. The van der Waals surface area contributed by atoms with Gasteiger partial charge in [-0.2, -0.15) is 0 Å². The highest BCUT2D eigenvalue weighted by molar-refractivity contribution is 5.76. The molecule has 1 amide bonds. The molecule has 2 rings (SSSR count). The maximum absolute atomic E-state index is 11.4. The lowest BCUT2D eigenvalue weighted by Gasteiger charge is -2.42. The minimum absolute atomic E-state index is 0.203. The molecule has 1 heterocycles. The van der Waals surface area contributed by atoms with Crippen LogP contribution in [0.1, 0.15) is 17.3 Å². The van der Waals surface area contributed by atoms with Crippen molar-refractivity contribution in [2.24, 2.45) is 0 Å². The fourth-order valence-corrected chi connectivity index (χ4v) is 2.55. The Labute approximate surface area is 144 Å². The van der Waals surface area contributed by atoms with Crippen LogP contribution < -0.4 is 14.8 Å². The fourth-order valence-electron chi connectivity index (χ4n) is 2.55. The highest BCUT2D eigenvalue weighted by atomic mass is 16.7. The van der Waals surface area contributed by atoms with Gasteiger partial charge < -0.3 is 34.8 Å². The lowest BCUT2D eigenvalue weighted by atomic mass is 9.97. The molecule has 0 radical (unpaired) electrons. The molecule has 1 aliphatic rings. The smallest absolute Gasteiger partial charge is 0.223 e. The monoisotopic (exact) mass is 355 g/mol. The molecule has 9 heteroatoms. The van der Waals surface area contributed by atoms with E-state index in [-0.39, 0.29) is 11.5 Å². The van der Waals surface area contributed by atoms with Gasteiger partial charge in [0, 0.05) is 12.5 Å². The predicted octanol–water partition coefficient (Wildman–Crippen LogP) is -1.17. The molecule has 4 N–H and O–H groups in total. The normalized spacial score (nSPS) is 28.9. The summed E-state index contributed by atoms with van der Waals surface area (Å²) in [4.78, 5) is 22.2. The Morgan fingerprint density at radius 2 is 2.04 bits per heavy atom. The molecule has 0 saturated carbocycles. The van der Waals surface area contributed by atoms with Gasteiger partial charge in [-0.25, -0.2) is 0 Å². The Morgan fingerprint density at radius 1 is 1.32 bits per heavy atom. The van der Waals surface area contributed by atoms with E-state index in [0.29, 0.717) is 11.8 Å². The van der Waals surface area contributed by atoms with Crippen LogP contribution in [-0.4, -0.2) is 71.9 Å². The van der Waals surface area contributed by atoms with Crippen LogP contribution in [0.2, 0.25) is 0 Å². The van der Waals surface area contributed by atoms with Crippen molar-refractivity contribution < 1.29 is 39.1 Å². The zero-order chi connectivity index (χ0) is 18.6. The Kier molecular flexibility index (Phi) is 6.32. The van der Waals surface area contributed by atoms with E-state index in [1.54, 1.807) is 0 Å². The zero-order valence-electron chi connectivity index (χ0n) is 13.8. The maximum Gasteiger partial charge on any atom is 0.223 e. The van der Waals surface area contributed by atoms with Crippen molar-refractivity contribution >= 4 is 12.2 Å². The van der Waals surface area contributed by atoms with E-state index in [9.17, 15) is 24.9 Å². The fraction of sp³-hybridized carbons (Fsp3) is 0.500. The summed E-state index contributed by atoms with van der Waals surface area (Å²) in [5.74, 6) is -0.0103. The second-order valence-electron chi connectivity index (χ2n) is 5.58. The molecule has 1 fully saturated rings. The van der Waals surface area contributed by atoms with Crippen molar-refractivity contribution in [1.82, 2.24) is 5.32 Å². The van der Waals surface area contributed by atoms with Crippen LogP contribution in [0, 0.1) is 0 Å². The highest BCUT2D eigenvalue weighted by Gasteiger charge is 2.46. The first-order chi connectivity index (χ1) is 11.9. The molecule has 138 valence electrons. The molecule has 1 aliphatic heterocycles. The van der Waals surface area contributed by atoms with E-state index in [4.69, 9.17) is 14.2 Å². The summed E-state index contributed by atoms with van der Waals surface area (Å²) in [6, 6.07) is 3.34. The summed E-state index contributed by atoms with van der Waals surface area (Å²) in [6.07, 6.45) is -4.47. The van der Waals surface area contributed by atoms with Crippen LogP contribution in [0.3, 0.4) is 0 Å². The third-order valence-corrected chi connectivity index (χ3v) is 3.82. The summed E-state index contributed by atoms with van der Waals surface area (Å²) in [6.45, 7) is 0.694. The number of aliphatic hydroxyl groups excluding tert-OH is 3. The lowest BCUT2D eigenvalue weighted by Crippen LogP contribution is -2.65. The van der Waals surface area contributed by atoms with Gasteiger partial charge >= 0.3 is 0 Å². The summed E-state index contributed by atoms with van der Waals surface area (Å²) in [7, 11) is 1.39. The zero-order valence-corrected chi connectivity index (χ0v) is 13.8. The third-order valence-electron chi connectivity index (χ3n) is 3.82. The van der Waals surface area contributed by atoms with E-state index >= 15 is 0 Å². The lowest BCUT2D eigenvalue weighted by molar-refractivity contribution is -0.244. The number of amides is 1. The Balaban J connectivity index is 2.29. The van der Waals surface area contributed by atoms with Crippen LogP contribution in [0.15, 0.2) is 18.2 Å². The number of rotatable bonds is 6. The van der Waals surface area contributed by atoms with Crippen molar-refractivity contribution in [3.63, 3.8) is 0 Å².